The third-order valence-corrected chi connectivity index (χ3v) is 1.85. The van der Waals surface area contributed by atoms with Gasteiger partial charge in [0.1, 0.15) is 6.54 Å². The molecule has 1 amide bonds. The Morgan fingerprint density at radius 1 is 1.60 bits per heavy atom. The number of hydrogen-bond donors (Lipinski definition) is 2. The van der Waals surface area contributed by atoms with E-state index in [1.807, 2.05) is 6.92 Å². The van der Waals surface area contributed by atoms with E-state index in [1.54, 1.807) is 0 Å². The van der Waals surface area contributed by atoms with E-state index in [0.29, 0.717) is 12.1 Å². The lowest BCUT2D eigenvalue weighted by Gasteiger charge is -2.18. The molecule has 0 fully saturated rings. The Balaban J connectivity index is 2.71. The largest absolute Gasteiger partial charge is 0.480 e. The van der Waals surface area contributed by atoms with Crippen LogP contribution in [0.1, 0.15) is 23.7 Å². The maximum Gasteiger partial charge on any atom is 0.323 e. The van der Waals surface area contributed by atoms with Crippen LogP contribution in [0.15, 0.2) is 12.4 Å². The van der Waals surface area contributed by atoms with Crippen molar-refractivity contribution in [1.82, 2.24) is 15.1 Å². The number of carbonyl (C=O) groups excluding carboxylic acids is 1. The highest BCUT2D eigenvalue weighted by Gasteiger charge is 2.18. The van der Waals surface area contributed by atoms with Gasteiger partial charge in [-0.25, -0.2) is 0 Å². The van der Waals surface area contributed by atoms with Crippen LogP contribution < -0.4 is 0 Å². The van der Waals surface area contributed by atoms with Crippen molar-refractivity contribution in [3.05, 3.63) is 18.0 Å². The predicted molar refractivity (Wildman–Crippen MR) is 52.4 cm³/mol. The average molecular weight is 211 g/mol. The lowest BCUT2D eigenvalue weighted by Crippen LogP contribution is -2.36. The molecular formula is C9H13N3O3. The number of carboxylic acid groups (broad SMARTS) is 1. The molecule has 0 aliphatic heterocycles. The van der Waals surface area contributed by atoms with Crippen LogP contribution in [-0.4, -0.2) is 45.2 Å². The van der Waals surface area contributed by atoms with Gasteiger partial charge in [-0.1, -0.05) is 6.92 Å². The lowest BCUT2D eigenvalue weighted by atomic mass is 10.3. The second-order valence-corrected chi connectivity index (χ2v) is 3.11. The normalized spacial score (nSPS) is 9.93. The fourth-order valence-electron chi connectivity index (χ4n) is 1.24. The maximum absolute atomic E-state index is 11.7. The molecule has 6 heteroatoms. The molecule has 0 aliphatic carbocycles. The van der Waals surface area contributed by atoms with Gasteiger partial charge in [0.25, 0.3) is 5.91 Å². The SMILES string of the molecule is CCCN(CC(=O)O)C(=O)c1cn[nH]c1. The van der Waals surface area contributed by atoms with Gasteiger partial charge in [0, 0.05) is 12.7 Å². The van der Waals surface area contributed by atoms with Crippen molar-refractivity contribution >= 4 is 11.9 Å². The molecular weight excluding hydrogens is 198 g/mol. The number of amides is 1. The van der Waals surface area contributed by atoms with Crippen LogP contribution in [0.2, 0.25) is 0 Å². The van der Waals surface area contributed by atoms with Crippen LogP contribution in [0.4, 0.5) is 0 Å². The zero-order valence-corrected chi connectivity index (χ0v) is 8.43. The monoisotopic (exact) mass is 211 g/mol. The van der Waals surface area contributed by atoms with Crippen molar-refractivity contribution in [2.75, 3.05) is 13.1 Å². The fraction of sp³-hybridized carbons (Fsp3) is 0.444. The second-order valence-electron chi connectivity index (χ2n) is 3.11. The summed E-state index contributed by atoms with van der Waals surface area (Å²) in [6.07, 6.45) is 3.55. The molecule has 0 aromatic carbocycles. The Hall–Kier alpha value is -1.85. The minimum absolute atomic E-state index is 0.280. The van der Waals surface area contributed by atoms with Crippen molar-refractivity contribution in [3.8, 4) is 0 Å². The van der Waals surface area contributed by atoms with Gasteiger partial charge in [-0.15, -0.1) is 0 Å². The Bertz CT molecular complexity index is 334. The summed E-state index contributed by atoms with van der Waals surface area (Å²) >= 11 is 0. The Kier molecular flexibility index (Phi) is 3.84. The van der Waals surface area contributed by atoms with E-state index < -0.39 is 5.97 Å². The number of rotatable bonds is 5. The van der Waals surface area contributed by atoms with E-state index in [-0.39, 0.29) is 12.5 Å². The molecule has 0 aliphatic rings. The van der Waals surface area contributed by atoms with E-state index in [9.17, 15) is 9.59 Å². The number of carbonyl (C=O) groups is 2. The zero-order chi connectivity index (χ0) is 11.3. The van der Waals surface area contributed by atoms with Gasteiger partial charge in [-0.2, -0.15) is 5.10 Å². The van der Waals surface area contributed by atoms with Crippen LogP contribution in [0.25, 0.3) is 0 Å². The van der Waals surface area contributed by atoms with Crippen molar-refractivity contribution in [3.63, 3.8) is 0 Å². The first-order valence-electron chi connectivity index (χ1n) is 4.65. The number of aromatic amines is 1. The number of nitrogens with one attached hydrogen (secondary N) is 1. The predicted octanol–water partition coefficient (Wildman–Crippen LogP) is 0.346. The highest BCUT2D eigenvalue weighted by molar-refractivity contribution is 5.95. The molecule has 0 unspecified atom stereocenters. The number of H-pyrrole nitrogens is 1. The van der Waals surface area contributed by atoms with E-state index >= 15 is 0 Å². The van der Waals surface area contributed by atoms with Crippen molar-refractivity contribution < 1.29 is 14.7 Å². The number of carboxylic acids is 1. The smallest absolute Gasteiger partial charge is 0.323 e. The molecule has 15 heavy (non-hydrogen) atoms. The first kappa shape index (κ1) is 11.2. The zero-order valence-electron chi connectivity index (χ0n) is 8.43. The van der Waals surface area contributed by atoms with Gasteiger partial charge in [0.05, 0.1) is 11.8 Å². The third kappa shape index (κ3) is 3.08. The van der Waals surface area contributed by atoms with E-state index in [2.05, 4.69) is 10.2 Å². The van der Waals surface area contributed by atoms with Gasteiger partial charge in [-0.3, -0.25) is 14.7 Å². The summed E-state index contributed by atoms with van der Waals surface area (Å²) in [5.74, 6) is -1.33. The summed E-state index contributed by atoms with van der Waals surface area (Å²) in [6.45, 7) is 2.03. The molecule has 1 aromatic heterocycles. The van der Waals surface area contributed by atoms with Crippen LogP contribution in [0.3, 0.4) is 0 Å². The van der Waals surface area contributed by atoms with Crippen molar-refractivity contribution in [1.29, 1.82) is 0 Å². The van der Waals surface area contributed by atoms with Crippen LogP contribution in [-0.2, 0) is 4.79 Å². The van der Waals surface area contributed by atoms with E-state index in [0.717, 1.165) is 6.42 Å². The summed E-state index contributed by atoms with van der Waals surface area (Å²) < 4.78 is 0. The van der Waals surface area contributed by atoms with Gasteiger partial charge in [-0.05, 0) is 6.42 Å². The molecule has 82 valence electrons. The topological polar surface area (TPSA) is 86.3 Å². The summed E-state index contributed by atoms with van der Waals surface area (Å²) in [4.78, 5) is 23.6. The molecule has 0 bridgehead atoms. The van der Waals surface area contributed by atoms with E-state index in [4.69, 9.17) is 5.11 Å². The molecule has 6 nitrogen and oxygen atoms in total. The van der Waals surface area contributed by atoms with Gasteiger partial charge in [0.15, 0.2) is 0 Å². The molecule has 0 saturated heterocycles. The minimum Gasteiger partial charge on any atom is -0.480 e. The minimum atomic E-state index is -1.01. The van der Waals surface area contributed by atoms with Gasteiger partial charge < -0.3 is 10.0 Å². The highest BCUT2D eigenvalue weighted by atomic mass is 16.4. The number of aromatic nitrogens is 2. The van der Waals surface area contributed by atoms with Crippen molar-refractivity contribution in [2.24, 2.45) is 0 Å². The number of hydrogen-bond acceptors (Lipinski definition) is 3. The molecule has 0 atom stereocenters. The summed E-state index contributed by atoms with van der Waals surface area (Å²) in [5, 5.41) is 14.8. The number of aliphatic carboxylic acids is 1. The quantitative estimate of drug-likeness (QED) is 0.735. The molecule has 1 rings (SSSR count). The first-order valence-corrected chi connectivity index (χ1v) is 4.65. The Morgan fingerprint density at radius 2 is 2.33 bits per heavy atom. The average Bonchev–Trinajstić information content (AvgIpc) is 2.68. The molecule has 1 aromatic rings. The maximum atomic E-state index is 11.7. The van der Waals surface area contributed by atoms with Crippen LogP contribution in [0.5, 0.6) is 0 Å². The fourth-order valence-corrected chi connectivity index (χ4v) is 1.24. The molecule has 2 N–H and O–H groups in total. The summed E-state index contributed by atoms with van der Waals surface area (Å²) in [6, 6.07) is 0. The van der Waals surface area contributed by atoms with E-state index in [1.165, 1.54) is 17.3 Å². The lowest BCUT2D eigenvalue weighted by molar-refractivity contribution is -0.137. The molecule has 0 saturated carbocycles. The summed E-state index contributed by atoms with van der Waals surface area (Å²) in [7, 11) is 0. The third-order valence-electron chi connectivity index (χ3n) is 1.85. The van der Waals surface area contributed by atoms with Gasteiger partial charge in [0.2, 0.25) is 0 Å². The second kappa shape index (κ2) is 5.14. The molecule has 1 heterocycles. The van der Waals surface area contributed by atoms with Crippen molar-refractivity contribution in [2.45, 2.75) is 13.3 Å². The first-order chi connectivity index (χ1) is 7.15. The Labute approximate surface area is 86.9 Å². The number of nitrogens with zero attached hydrogens (tertiary/aromatic N) is 2. The van der Waals surface area contributed by atoms with Gasteiger partial charge >= 0.3 is 5.97 Å². The standard InChI is InChI=1S/C9H13N3O3/c1-2-3-12(6-8(13)14)9(15)7-4-10-11-5-7/h4-5H,2-3,6H2,1H3,(H,10,11)(H,13,14). The Morgan fingerprint density at radius 3 is 2.80 bits per heavy atom. The highest BCUT2D eigenvalue weighted by Crippen LogP contribution is 2.02. The summed E-state index contributed by atoms with van der Waals surface area (Å²) in [5.41, 5.74) is 0.379. The molecule has 0 radical (unpaired) electrons. The molecule has 0 spiro atoms. The van der Waals surface area contributed by atoms with Crippen LogP contribution in [0, 0.1) is 0 Å². The van der Waals surface area contributed by atoms with Crippen LogP contribution >= 0.6 is 0 Å².